The van der Waals surface area contributed by atoms with Crippen LogP contribution in [0.4, 0.5) is 5.69 Å². The van der Waals surface area contributed by atoms with Crippen LogP contribution in [0, 0.1) is 19.8 Å². The van der Waals surface area contributed by atoms with E-state index in [-0.39, 0.29) is 17.7 Å². The summed E-state index contributed by atoms with van der Waals surface area (Å²) < 4.78 is 1.87. The molecule has 1 unspecified atom stereocenters. The predicted molar refractivity (Wildman–Crippen MR) is 101 cm³/mol. The van der Waals surface area contributed by atoms with Crippen molar-refractivity contribution in [2.75, 3.05) is 18.4 Å². The molecule has 1 aromatic carbocycles. The second-order valence-electron chi connectivity index (χ2n) is 6.93. The van der Waals surface area contributed by atoms with Gasteiger partial charge in [0.1, 0.15) is 0 Å². The molecule has 0 aliphatic carbocycles. The zero-order chi connectivity index (χ0) is 18.5. The first-order valence-corrected chi connectivity index (χ1v) is 9.17. The summed E-state index contributed by atoms with van der Waals surface area (Å²) in [7, 11) is 0. The Kier molecular flexibility index (Phi) is 5.71. The Labute approximate surface area is 154 Å². The summed E-state index contributed by atoms with van der Waals surface area (Å²) in [5.74, 6) is -0.0661. The van der Waals surface area contributed by atoms with E-state index >= 15 is 0 Å². The summed E-state index contributed by atoms with van der Waals surface area (Å²) in [6.45, 7) is 5.75. The quantitative estimate of drug-likeness (QED) is 0.898. The summed E-state index contributed by atoms with van der Waals surface area (Å²) in [5, 5.41) is 7.35. The summed E-state index contributed by atoms with van der Waals surface area (Å²) in [4.78, 5) is 26.9. The third-order valence-electron chi connectivity index (χ3n) is 4.83. The van der Waals surface area contributed by atoms with Gasteiger partial charge in [-0.1, -0.05) is 18.2 Å². The normalized spacial score (nSPS) is 17.2. The summed E-state index contributed by atoms with van der Waals surface area (Å²) in [5.41, 5.74) is 2.82. The molecule has 0 saturated carbocycles. The van der Waals surface area contributed by atoms with E-state index in [1.54, 1.807) is 0 Å². The summed E-state index contributed by atoms with van der Waals surface area (Å²) >= 11 is 0. The van der Waals surface area contributed by atoms with Crippen molar-refractivity contribution < 1.29 is 9.59 Å². The van der Waals surface area contributed by atoms with Crippen LogP contribution in [0.25, 0.3) is 0 Å². The van der Waals surface area contributed by atoms with Gasteiger partial charge in [-0.25, -0.2) is 0 Å². The van der Waals surface area contributed by atoms with Gasteiger partial charge in [-0.05, 0) is 44.9 Å². The molecule has 2 amide bonds. The molecule has 1 aliphatic rings. The highest BCUT2D eigenvalue weighted by molar-refractivity contribution is 5.93. The predicted octanol–water partition coefficient (Wildman–Crippen LogP) is 2.77. The molecule has 0 bridgehead atoms. The Hall–Kier alpha value is -2.63. The van der Waals surface area contributed by atoms with Crippen molar-refractivity contribution in [1.82, 2.24) is 14.7 Å². The van der Waals surface area contributed by atoms with E-state index in [2.05, 4.69) is 10.4 Å². The maximum atomic E-state index is 12.6. The monoisotopic (exact) mass is 354 g/mol. The highest BCUT2D eigenvalue weighted by atomic mass is 16.2. The van der Waals surface area contributed by atoms with Crippen LogP contribution in [0.1, 0.15) is 30.7 Å². The van der Waals surface area contributed by atoms with Crippen LogP contribution in [-0.4, -0.2) is 39.6 Å². The van der Waals surface area contributed by atoms with Gasteiger partial charge in [0.05, 0.1) is 11.6 Å². The fraction of sp³-hybridized carbons (Fsp3) is 0.450. The van der Waals surface area contributed by atoms with Crippen molar-refractivity contribution in [2.24, 2.45) is 5.92 Å². The third kappa shape index (κ3) is 4.50. The highest BCUT2D eigenvalue weighted by Crippen LogP contribution is 2.19. The molecular weight excluding hydrogens is 328 g/mol. The molecule has 2 aromatic rings. The van der Waals surface area contributed by atoms with E-state index < -0.39 is 0 Å². The Bertz CT molecular complexity index is 769. The molecule has 0 radical (unpaired) electrons. The topological polar surface area (TPSA) is 67.2 Å². The van der Waals surface area contributed by atoms with Crippen molar-refractivity contribution in [3.8, 4) is 0 Å². The molecule has 1 atom stereocenters. The first kappa shape index (κ1) is 18.2. The van der Waals surface area contributed by atoms with Crippen LogP contribution in [0.2, 0.25) is 0 Å². The number of carbonyl (C=O) groups excluding carboxylic acids is 2. The maximum absolute atomic E-state index is 12.6. The molecule has 1 fully saturated rings. The number of rotatable bonds is 5. The van der Waals surface area contributed by atoms with Crippen molar-refractivity contribution in [2.45, 2.75) is 39.7 Å². The Morgan fingerprint density at radius 3 is 2.69 bits per heavy atom. The van der Waals surface area contributed by atoms with Gasteiger partial charge in [0, 0.05) is 37.4 Å². The number of benzene rings is 1. The van der Waals surface area contributed by atoms with Gasteiger partial charge in [-0.2, -0.15) is 5.10 Å². The van der Waals surface area contributed by atoms with Gasteiger partial charge < -0.3 is 10.2 Å². The first-order valence-electron chi connectivity index (χ1n) is 9.17. The number of aryl methyl sites for hydroxylation is 3. The number of carbonyl (C=O) groups is 2. The second kappa shape index (κ2) is 8.17. The number of nitrogens with one attached hydrogen (secondary N) is 1. The average molecular weight is 354 g/mol. The Morgan fingerprint density at radius 2 is 2.00 bits per heavy atom. The first-order chi connectivity index (χ1) is 12.5. The van der Waals surface area contributed by atoms with Crippen LogP contribution in [0.5, 0.6) is 0 Å². The van der Waals surface area contributed by atoms with E-state index in [4.69, 9.17) is 0 Å². The molecule has 6 nitrogen and oxygen atoms in total. The molecule has 26 heavy (non-hydrogen) atoms. The Morgan fingerprint density at radius 1 is 1.23 bits per heavy atom. The van der Waals surface area contributed by atoms with Crippen molar-refractivity contribution in [3.05, 3.63) is 47.8 Å². The van der Waals surface area contributed by atoms with Crippen LogP contribution in [0.15, 0.2) is 36.4 Å². The smallest absolute Gasteiger partial charge is 0.229 e. The zero-order valence-electron chi connectivity index (χ0n) is 15.4. The van der Waals surface area contributed by atoms with Crippen LogP contribution < -0.4 is 5.32 Å². The molecule has 1 saturated heterocycles. The zero-order valence-corrected chi connectivity index (χ0v) is 15.4. The number of anilines is 1. The minimum Gasteiger partial charge on any atom is -0.342 e. The molecule has 1 aromatic heterocycles. The lowest BCUT2D eigenvalue weighted by Crippen LogP contribution is -2.44. The third-order valence-corrected chi connectivity index (χ3v) is 4.83. The highest BCUT2D eigenvalue weighted by Gasteiger charge is 2.28. The fourth-order valence-corrected chi connectivity index (χ4v) is 3.44. The van der Waals surface area contributed by atoms with E-state index in [1.807, 2.05) is 59.8 Å². The van der Waals surface area contributed by atoms with E-state index in [0.29, 0.717) is 19.5 Å². The van der Waals surface area contributed by atoms with Crippen molar-refractivity contribution in [3.63, 3.8) is 0 Å². The van der Waals surface area contributed by atoms with E-state index in [0.717, 1.165) is 36.5 Å². The number of para-hydroxylation sites is 1. The number of hydrogen-bond acceptors (Lipinski definition) is 3. The minimum atomic E-state index is -0.151. The lowest BCUT2D eigenvalue weighted by atomic mass is 9.96. The number of piperidine rings is 1. The molecule has 3 rings (SSSR count). The van der Waals surface area contributed by atoms with Crippen LogP contribution in [0.3, 0.4) is 0 Å². The SMILES string of the molecule is Cc1cc(C)n(CCC(=O)N2CCCC(C(=O)Nc3ccccc3)C2)n1. The number of nitrogens with zero attached hydrogens (tertiary/aromatic N) is 3. The minimum absolute atomic E-state index is 0.00718. The number of amides is 2. The molecular formula is C20H26N4O2. The van der Waals surface area contributed by atoms with Gasteiger partial charge >= 0.3 is 0 Å². The molecule has 0 spiro atoms. The van der Waals surface area contributed by atoms with E-state index in [9.17, 15) is 9.59 Å². The van der Waals surface area contributed by atoms with Crippen LogP contribution in [-0.2, 0) is 16.1 Å². The van der Waals surface area contributed by atoms with E-state index in [1.165, 1.54) is 0 Å². The van der Waals surface area contributed by atoms with Crippen molar-refractivity contribution >= 4 is 17.5 Å². The average Bonchev–Trinajstić information content (AvgIpc) is 2.98. The van der Waals surface area contributed by atoms with Gasteiger partial charge in [0.15, 0.2) is 0 Å². The van der Waals surface area contributed by atoms with Gasteiger partial charge in [0.25, 0.3) is 0 Å². The number of aromatic nitrogens is 2. The summed E-state index contributed by atoms with van der Waals surface area (Å²) in [6, 6.07) is 11.5. The second-order valence-corrected chi connectivity index (χ2v) is 6.93. The lowest BCUT2D eigenvalue weighted by Gasteiger charge is -2.32. The van der Waals surface area contributed by atoms with Gasteiger partial charge in [-0.3, -0.25) is 14.3 Å². The molecule has 1 aliphatic heterocycles. The van der Waals surface area contributed by atoms with Crippen molar-refractivity contribution in [1.29, 1.82) is 0 Å². The number of likely N-dealkylation sites (tertiary alicyclic amines) is 1. The van der Waals surface area contributed by atoms with Gasteiger partial charge in [-0.15, -0.1) is 0 Å². The maximum Gasteiger partial charge on any atom is 0.229 e. The lowest BCUT2D eigenvalue weighted by molar-refractivity contribution is -0.134. The largest absolute Gasteiger partial charge is 0.342 e. The van der Waals surface area contributed by atoms with Crippen LogP contribution >= 0.6 is 0 Å². The van der Waals surface area contributed by atoms with Gasteiger partial charge in [0.2, 0.25) is 11.8 Å². The standard InChI is InChI=1S/C20H26N4O2/c1-15-13-16(2)24(22-15)12-10-19(25)23-11-6-7-17(14-23)20(26)21-18-8-4-3-5-9-18/h3-5,8-9,13,17H,6-7,10-12,14H2,1-2H3,(H,21,26). The molecule has 6 heteroatoms. The fourth-order valence-electron chi connectivity index (χ4n) is 3.44. The summed E-state index contributed by atoms with van der Waals surface area (Å²) in [6.07, 6.45) is 2.09. The Balaban J connectivity index is 1.53. The number of hydrogen-bond donors (Lipinski definition) is 1. The molecule has 2 heterocycles. The molecule has 138 valence electrons. The molecule has 1 N–H and O–H groups in total.